The maximum atomic E-state index is 12.9. The summed E-state index contributed by atoms with van der Waals surface area (Å²) in [4.78, 5) is 12.7. The monoisotopic (exact) mass is 402 g/mol. The van der Waals surface area contributed by atoms with Crippen molar-refractivity contribution in [3.05, 3.63) is 65.7 Å². The Kier molecular flexibility index (Phi) is 6.17. The van der Waals surface area contributed by atoms with Crippen LogP contribution in [0, 0.1) is 0 Å². The first-order valence-corrected chi connectivity index (χ1v) is 10.8. The molecule has 1 aliphatic heterocycles. The van der Waals surface area contributed by atoms with E-state index in [4.69, 9.17) is 4.74 Å². The lowest BCUT2D eigenvalue weighted by Crippen LogP contribution is -2.48. The Morgan fingerprint density at radius 2 is 1.61 bits per heavy atom. The lowest BCUT2D eigenvalue weighted by molar-refractivity contribution is -0.0440. The summed E-state index contributed by atoms with van der Waals surface area (Å²) in [6.07, 6.45) is -0.300. The van der Waals surface area contributed by atoms with Crippen molar-refractivity contribution in [2.24, 2.45) is 0 Å². The molecule has 2 aromatic carbocycles. The highest BCUT2D eigenvalue weighted by molar-refractivity contribution is 7.89. The van der Waals surface area contributed by atoms with Gasteiger partial charge in [0.05, 0.1) is 23.1 Å². The van der Waals surface area contributed by atoms with Crippen LogP contribution in [-0.2, 0) is 14.8 Å². The molecular formula is C21H26N2O4S. The first kappa shape index (κ1) is 20.5. The normalized spacial score (nSPS) is 21.8. The summed E-state index contributed by atoms with van der Waals surface area (Å²) in [5.41, 5.74) is 1.43. The van der Waals surface area contributed by atoms with Crippen molar-refractivity contribution >= 4 is 15.9 Å². The number of rotatable bonds is 5. The summed E-state index contributed by atoms with van der Waals surface area (Å²) < 4.78 is 32.8. The van der Waals surface area contributed by atoms with Gasteiger partial charge in [-0.2, -0.15) is 4.31 Å². The number of sulfonamides is 1. The quantitative estimate of drug-likeness (QED) is 0.834. The fraction of sp³-hybridized carbons (Fsp3) is 0.381. The van der Waals surface area contributed by atoms with Crippen LogP contribution in [0.4, 0.5) is 0 Å². The van der Waals surface area contributed by atoms with Gasteiger partial charge in [0.15, 0.2) is 0 Å². The van der Waals surface area contributed by atoms with Crippen molar-refractivity contribution < 1.29 is 17.9 Å². The number of benzene rings is 2. The van der Waals surface area contributed by atoms with Crippen molar-refractivity contribution in [3.63, 3.8) is 0 Å². The van der Waals surface area contributed by atoms with Crippen LogP contribution in [0.1, 0.15) is 42.7 Å². The highest BCUT2D eigenvalue weighted by Gasteiger charge is 2.32. The molecule has 0 saturated carbocycles. The summed E-state index contributed by atoms with van der Waals surface area (Å²) in [7, 11) is -3.61. The van der Waals surface area contributed by atoms with Crippen LogP contribution in [0.5, 0.6) is 0 Å². The van der Waals surface area contributed by atoms with Crippen LogP contribution in [-0.4, -0.2) is 43.9 Å². The third-order valence-electron chi connectivity index (χ3n) is 4.79. The number of hydrogen-bond donors (Lipinski definition) is 1. The Labute approximate surface area is 166 Å². The zero-order chi connectivity index (χ0) is 20.3. The second kappa shape index (κ2) is 8.43. The molecule has 28 heavy (non-hydrogen) atoms. The molecule has 6 nitrogen and oxygen atoms in total. The molecule has 1 saturated heterocycles. The van der Waals surface area contributed by atoms with E-state index in [-0.39, 0.29) is 29.1 Å². The van der Waals surface area contributed by atoms with Crippen LogP contribution >= 0.6 is 0 Å². The molecular weight excluding hydrogens is 376 g/mol. The van der Waals surface area contributed by atoms with Crippen molar-refractivity contribution in [2.45, 2.75) is 43.9 Å². The number of ether oxygens (including phenoxy) is 1. The zero-order valence-corrected chi connectivity index (χ0v) is 17.1. The Balaban J connectivity index is 1.71. The maximum Gasteiger partial charge on any atom is 0.251 e. The Morgan fingerprint density at radius 3 is 2.18 bits per heavy atom. The first-order valence-electron chi connectivity index (χ1n) is 9.39. The van der Waals surface area contributed by atoms with E-state index in [9.17, 15) is 13.2 Å². The van der Waals surface area contributed by atoms with Crippen LogP contribution in [0.3, 0.4) is 0 Å². The highest BCUT2D eigenvalue weighted by Crippen LogP contribution is 2.22. The number of hydrogen-bond acceptors (Lipinski definition) is 4. The van der Waals surface area contributed by atoms with E-state index in [1.54, 1.807) is 12.1 Å². The number of nitrogens with zero attached hydrogens (tertiary/aromatic N) is 1. The molecule has 150 valence electrons. The van der Waals surface area contributed by atoms with Gasteiger partial charge in [-0.15, -0.1) is 0 Å². The second-order valence-corrected chi connectivity index (χ2v) is 9.15. The second-order valence-electron chi connectivity index (χ2n) is 7.21. The van der Waals surface area contributed by atoms with E-state index >= 15 is 0 Å². The molecule has 1 amide bonds. The first-order chi connectivity index (χ1) is 13.3. The van der Waals surface area contributed by atoms with Crippen LogP contribution in [0.2, 0.25) is 0 Å². The van der Waals surface area contributed by atoms with Gasteiger partial charge in [-0.3, -0.25) is 4.79 Å². The van der Waals surface area contributed by atoms with E-state index in [1.807, 2.05) is 51.1 Å². The minimum atomic E-state index is -3.61. The Hall–Kier alpha value is -2.22. The smallest absolute Gasteiger partial charge is 0.251 e. The van der Waals surface area contributed by atoms with Crippen molar-refractivity contribution in [2.75, 3.05) is 13.1 Å². The SMILES string of the molecule is CC1CN(S(=O)(=O)c2ccc(C(=O)NC(C)c3ccccc3)cc2)CC(C)O1. The van der Waals surface area contributed by atoms with Crippen LogP contribution in [0.25, 0.3) is 0 Å². The molecule has 3 atom stereocenters. The number of morpholine rings is 1. The number of nitrogens with one attached hydrogen (secondary N) is 1. The van der Waals surface area contributed by atoms with Gasteiger partial charge >= 0.3 is 0 Å². The summed E-state index contributed by atoms with van der Waals surface area (Å²) in [5, 5.41) is 2.93. The molecule has 1 heterocycles. The van der Waals surface area contributed by atoms with Gasteiger partial charge in [0, 0.05) is 18.7 Å². The molecule has 0 aromatic heterocycles. The summed E-state index contributed by atoms with van der Waals surface area (Å²) in [6.45, 7) is 6.28. The molecule has 1 N–H and O–H groups in total. The third-order valence-corrected chi connectivity index (χ3v) is 6.63. The lowest BCUT2D eigenvalue weighted by Gasteiger charge is -2.34. The maximum absolute atomic E-state index is 12.9. The average molecular weight is 403 g/mol. The molecule has 0 radical (unpaired) electrons. The largest absolute Gasteiger partial charge is 0.373 e. The average Bonchev–Trinajstić information content (AvgIpc) is 2.68. The van der Waals surface area contributed by atoms with E-state index in [2.05, 4.69) is 5.32 Å². The van der Waals surface area contributed by atoms with Crippen LogP contribution < -0.4 is 5.32 Å². The van der Waals surface area contributed by atoms with E-state index in [1.165, 1.54) is 16.4 Å². The fourth-order valence-corrected chi connectivity index (χ4v) is 4.95. The van der Waals surface area contributed by atoms with Gasteiger partial charge in [0.25, 0.3) is 5.91 Å². The van der Waals surface area contributed by atoms with Crippen molar-refractivity contribution in [1.82, 2.24) is 9.62 Å². The van der Waals surface area contributed by atoms with Crippen LogP contribution in [0.15, 0.2) is 59.5 Å². The van der Waals surface area contributed by atoms with E-state index < -0.39 is 10.0 Å². The standard InChI is InChI=1S/C21H26N2O4S/c1-15-13-23(14-16(2)27-15)28(25,26)20-11-9-19(10-12-20)21(24)22-17(3)18-7-5-4-6-8-18/h4-12,15-17H,13-14H2,1-3H3,(H,22,24). The van der Waals surface area contributed by atoms with Gasteiger partial charge in [-0.1, -0.05) is 30.3 Å². The van der Waals surface area contributed by atoms with Crippen molar-refractivity contribution in [1.29, 1.82) is 0 Å². The molecule has 3 rings (SSSR count). The van der Waals surface area contributed by atoms with Gasteiger partial charge in [-0.05, 0) is 50.6 Å². The lowest BCUT2D eigenvalue weighted by atomic mass is 10.1. The summed E-state index contributed by atoms with van der Waals surface area (Å²) >= 11 is 0. The molecule has 3 unspecified atom stereocenters. The van der Waals surface area contributed by atoms with Crippen molar-refractivity contribution in [3.8, 4) is 0 Å². The molecule has 2 aromatic rings. The summed E-state index contributed by atoms with van der Waals surface area (Å²) in [6, 6.07) is 15.6. The Bertz CT molecular complexity index is 903. The molecule has 0 bridgehead atoms. The van der Waals surface area contributed by atoms with Gasteiger partial charge in [0.2, 0.25) is 10.0 Å². The fourth-order valence-electron chi connectivity index (χ4n) is 3.36. The molecule has 0 spiro atoms. The molecule has 0 aliphatic carbocycles. The number of carbonyl (C=O) groups is 1. The number of amides is 1. The number of carbonyl (C=O) groups excluding carboxylic acids is 1. The van der Waals surface area contributed by atoms with Gasteiger partial charge in [-0.25, -0.2) is 8.42 Å². The summed E-state index contributed by atoms with van der Waals surface area (Å²) in [5.74, 6) is -0.242. The molecule has 1 fully saturated rings. The van der Waals surface area contributed by atoms with Gasteiger partial charge < -0.3 is 10.1 Å². The minimum absolute atomic E-state index is 0.145. The molecule has 1 aliphatic rings. The highest BCUT2D eigenvalue weighted by atomic mass is 32.2. The van der Waals surface area contributed by atoms with E-state index in [0.29, 0.717) is 18.7 Å². The zero-order valence-electron chi connectivity index (χ0n) is 16.3. The third kappa shape index (κ3) is 4.60. The predicted molar refractivity (Wildman–Crippen MR) is 108 cm³/mol. The van der Waals surface area contributed by atoms with E-state index in [0.717, 1.165) is 5.56 Å². The Morgan fingerprint density at radius 1 is 1.04 bits per heavy atom. The molecule has 7 heteroatoms. The topological polar surface area (TPSA) is 75.7 Å². The predicted octanol–water partition coefficient (Wildman–Crippen LogP) is 2.98. The minimum Gasteiger partial charge on any atom is -0.373 e. The van der Waals surface area contributed by atoms with Gasteiger partial charge in [0.1, 0.15) is 0 Å².